The first-order valence-corrected chi connectivity index (χ1v) is 13.0. The number of nitrogens with one attached hydrogen (secondary N) is 1. The molecule has 0 bridgehead atoms. The fourth-order valence-corrected chi connectivity index (χ4v) is 5.16. The van der Waals surface area contributed by atoms with Crippen LogP contribution in [0.2, 0.25) is 0 Å². The van der Waals surface area contributed by atoms with Crippen molar-refractivity contribution in [3.8, 4) is 23.0 Å². The number of aryl methyl sites for hydroxylation is 1. The molecule has 6 rings (SSSR count). The number of halogens is 3. The average molecular weight is 587 g/mol. The summed E-state index contributed by atoms with van der Waals surface area (Å²) in [5, 5.41) is 19.0. The molecule has 0 radical (unpaired) electrons. The van der Waals surface area contributed by atoms with Crippen molar-refractivity contribution in [2.75, 3.05) is 0 Å². The van der Waals surface area contributed by atoms with Crippen molar-refractivity contribution < 1.29 is 23.1 Å². The number of rotatable bonds is 5. The van der Waals surface area contributed by atoms with Crippen molar-refractivity contribution in [1.29, 1.82) is 5.26 Å². The number of alkyl halides is 3. The maximum Gasteiger partial charge on any atom is 0.490 e. The zero-order chi connectivity index (χ0) is 30.9. The largest absolute Gasteiger partial charge is 0.490 e. The summed E-state index contributed by atoms with van der Waals surface area (Å²) in [4.78, 5) is 25.0. The predicted octanol–water partition coefficient (Wildman–Crippen LogP) is 5.29. The van der Waals surface area contributed by atoms with Crippen molar-refractivity contribution in [1.82, 2.24) is 18.7 Å². The van der Waals surface area contributed by atoms with Gasteiger partial charge >= 0.3 is 17.8 Å². The number of carbonyl (C=O) groups is 1. The number of aromatic amines is 1. The second kappa shape index (κ2) is 11.4. The van der Waals surface area contributed by atoms with E-state index < -0.39 is 12.1 Å². The number of carboxylic acids is 1. The van der Waals surface area contributed by atoms with Gasteiger partial charge in [-0.25, -0.2) is 9.59 Å². The minimum Gasteiger partial charge on any atom is -0.475 e. The van der Waals surface area contributed by atoms with E-state index in [-0.39, 0.29) is 11.4 Å². The van der Waals surface area contributed by atoms with E-state index >= 15 is 0 Å². The second-order valence-corrected chi connectivity index (χ2v) is 9.71. The molecular weight excluding hydrogens is 561 g/mol. The summed E-state index contributed by atoms with van der Waals surface area (Å²) in [5.41, 5.74) is 12.2. The van der Waals surface area contributed by atoms with E-state index in [1.165, 1.54) is 0 Å². The highest BCUT2D eigenvalue weighted by Crippen LogP contribution is 2.35. The number of aliphatic carboxylic acids is 1. The standard InChI is InChI=1S/C29H24N6O.C2HF3O2/c1-33-18-27(22-11-5-6-12-25(22)33)35-28(24(15-31)32-29(35)36)23-17-34(26-13-7-4-10-21(23)26)16-20-9-3-2-8-19(20)14-30;3-2(4,5)1(6)7/h2-13,17-18H,14,16,30H2,1H3,(H,32,36);(H,6,7). The van der Waals surface area contributed by atoms with E-state index in [2.05, 4.69) is 27.8 Å². The van der Waals surface area contributed by atoms with Crippen LogP contribution in [0.15, 0.2) is 90.0 Å². The molecule has 0 aliphatic rings. The molecule has 0 atom stereocenters. The maximum absolute atomic E-state index is 13.3. The monoisotopic (exact) mass is 586 g/mol. The van der Waals surface area contributed by atoms with Crippen LogP contribution >= 0.6 is 0 Å². The van der Waals surface area contributed by atoms with E-state index in [0.717, 1.165) is 44.2 Å². The molecule has 0 saturated carbocycles. The van der Waals surface area contributed by atoms with E-state index in [4.69, 9.17) is 15.6 Å². The first kappa shape index (κ1) is 29.0. The molecule has 3 heterocycles. The molecule has 9 nitrogen and oxygen atoms in total. The number of benzene rings is 3. The van der Waals surface area contributed by atoms with Gasteiger partial charge in [0.1, 0.15) is 11.8 Å². The van der Waals surface area contributed by atoms with Crippen molar-refractivity contribution in [3.05, 3.63) is 112 Å². The fraction of sp³-hybridized carbons (Fsp3) is 0.129. The predicted molar refractivity (Wildman–Crippen MR) is 156 cm³/mol. The van der Waals surface area contributed by atoms with Gasteiger partial charge in [0.15, 0.2) is 0 Å². The highest BCUT2D eigenvalue weighted by atomic mass is 19.4. The van der Waals surface area contributed by atoms with E-state index in [0.29, 0.717) is 18.8 Å². The first-order valence-electron chi connectivity index (χ1n) is 13.0. The minimum absolute atomic E-state index is 0.234. The number of fused-ring (bicyclic) bond motifs is 2. The number of hydrogen-bond donors (Lipinski definition) is 3. The smallest absolute Gasteiger partial charge is 0.475 e. The second-order valence-electron chi connectivity index (χ2n) is 9.71. The number of nitriles is 1. The van der Waals surface area contributed by atoms with Crippen molar-refractivity contribution in [3.63, 3.8) is 0 Å². The topological polar surface area (TPSA) is 135 Å². The number of carboxylic acid groups (broad SMARTS) is 1. The molecule has 3 aromatic carbocycles. The quantitative estimate of drug-likeness (QED) is 0.252. The lowest BCUT2D eigenvalue weighted by Gasteiger charge is -2.10. The molecule has 6 aromatic rings. The molecule has 43 heavy (non-hydrogen) atoms. The molecule has 12 heteroatoms. The van der Waals surface area contributed by atoms with Crippen molar-refractivity contribution in [2.45, 2.75) is 19.3 Å². The number of aromatic nitrogens is 4. The van der Waals surface area contributed by atoms with Gasteiger partial charge in [-0.05, 0) is 23.3 Å². The first-order chi connectivity index (χ1) is 20.5. The molecular formula is C31H25F3N6O3. The molecule has 0 saturated heterocycles. The van der Waals surface area contributed by atoms with Crippen LogP contribution in [0.5, 0.6) is 0 Å². The number of nitrogens with two attached hydrogens (primary N) is 1. The van der Waals surface area contributed by atoms with Gasteiger partial charge in [-0.2, -0.15) is 18.4 Å². The lowest BCUT2D eigenvalue weighted by atomic mass is 10.1. The maximum atomic E-state index is 13.3. The Morgan fingerprint density at radius 1 is 0.953 bits per heavy atom. The van der Waals surface area contributed by atoms with Crippen molar-refractivity contribution >= 4 is 27.8 Å². The normalized spacial score (nSPS) is 11.3. The number of nitrogens with zero attached hydrogens (tertiary/aromatic N) is 4. The third kappa shape index (κ3) is 5.41. The zero-order valence-corrected chi connectivity index (χ0v) is 22.8. The van der Waals surface area contributed by atoms with Crippen LogP contribution < -0.4 is 11.4 Å². The van der Waals surface area contributed by atoms with E-state index in [9.17, 15) is 23.2 Å². The summed E-state index contributed by atoms with van der Waals surface area (Å²) in [6.07, 6.45) is -1.12. The number of imidazole rings is 1. The molecule has 4 N–H and O–H groups in total. The lowest BCUT2D eigenvalue weighted by Crippen LogP contribution is -2.21. The van der Waals surface area contributed by atoms with E-state index in [1.807, 2.05) is 84.7 Å². The SMILES string of the molecule is Cn1cc(-n2c(-c3cn(Cc4ccccc4CN)c4ccccc34)c(C#N)[nH]c2=O)c2ccccc21.O=C(O)C(F)(F)F. The Balaban J connectivity index is 0.000000472. The summed E-state index contributed by atoms with van der Waals surface area (Å²) >= 11 is 0. The minimum atomic E-state index is -5.08. The van der Waals surface area contributed by atoms with Gasteiger partial charge in [0.25, 0.3) is 0 Å². The van der Waals surface area contributed by atoms with Gasteiger partial charge in [-0.1, -0.05) is 60.7 Å². The van der Waals surface area contributed by atoms with Gasteiger partial charge < -0.3 is 20.0 Å². The lowest BCUT2D eigenvalue weighted by molar-refractivity contribution is -0.192. The zero-order valence-electron chi connectivity index (χ0n) is 22.8. The molecule has 0 fully saturated rings. The molecule has 0 aliphatic heterocycles. The van der Waals surface area contributed by atoms with Gasteiger partial charge in [0.05, 0.1) is 11.4 Å². The Hall–Kier alpha value is -5.54. The van der Waals surface area contributed by atoms with Gasteiger partial charge in [-0.3, -0.25) is 9.55 Å². The number of hydrogen-bond acceptors (Lipinski definition) is 4. The Bertz CT molecular complexity index is 2070. The summed E-state index contributed by atoms with van der Waals surface area (Å²) in [7, 11) is 1.95. The highest BCUT2D eigenvalue weighted by Gasteiger charge is 2.38. The summed E-state index contributed by atoms with van der Waals surface area (Å²) < 4.78 is 37.5. The van der Waals surface area contributed by atoms with Crippen LogP contribution in [0.3, 0.4) is 0 Å². The Morgan fingerprint density at radius 2 is 1.53 bits per heavy atom. The summed E-state index contributed by atoms with van der Waals surface area (Å²) in [6, 6.07) is 26.3. The number of H-pyrrole nitrogens is 1. The third-order valence-electron chi connectivity index (χ3n) is 7.09. The Labute approximate surface area is 242 Å². The number of para-hydroxylation sites is 2. The van der Waals surface area contributed by atoms with Gasteiger partial charge in [-0.15, -0.1) is 0 Å². The van der Waals surface area contributed by atoms with Gasteiger partial charge in [0, 0.05) is 59.9 Å². The van der Waals surface area contributed by atoms with Crippen LogP contribution in [0.25, 0.3) is 38.8 Å². The molecule has 0 amide bonds. The van der Waals surface area contributed by atoms with Crippen LogP contribution in [0, 0.1) is 11.3 Å². The fourth-order valence-electron chi connectivity index (χ4n) is 5.16. The Kier molecular flexibility index (Phi) is 7.67. The van der Waals surface area contributed by atoms with Crippen LogP contribution in [0.1, 0.15) is 16.8 Å². The molecule has 0 aliphatic carbocycles. The summed E-state index contributed by atoms with van der Waals surface area (Å²) in [6.45, 7) is 1.08. The Morgan fingerprint density at radius 3 is 2.16 bits per heavy atom. The van der Waals surface area contributed by atoms with Crippen molar-refractivity contribution in [2.24, 2.45) is 12.8 Å². The third-order valence-corrected chi connectivity index (χ3v) is 7.09. The van der Waals surface area contributed by atoms with E-state index in [1.54, 1.807) is 4.57 Å². The molecule has 218 valence electrons. The van der Waals surface area contributed by atoms with Gasteiger partial charge in [0.2, 0.25) is 0 Å². The van der Waals surface area contributed by atoms with Crippen LogP contribution in [0.4, 0.5) is 13.2 Å². The molecule has 3 aromatic heterocycles. The van der Waals surface area contributed by atoms with Crippen LogP contribution in [-0.4, -0.2) is 35.9 Å². The highest BCUT2D eigenvalue weighted by molar-refractivity contribution is 5.98. The summed E-state index contributed by atoms with van der Waals surface area (Å²) in [5.74, 6) is -2.76. The molecule has 0 unspecified atom stereocenters. The molecule has 0 spiro atoms. The average Bonchev–Trinajstić information content (AvgIpc) is 3.63. The van der Waals surface area contributed by atoms with Crippen LogP contribution in [-0.2, 0) is 24.9 Å².